The third-order valence-electron chi connectivity index (χ3n) is 12.5. The van der Waals surface area contributed by atoms with E-state index in [9.17, 15) is 80.1 Å². The molecule has 25 atom stereocenters. The zero-order valence-electron chi connectivity index (χ0n) is 40.0. The van der Waals surface area contributed by atoms with Crippen molar-refractivity contribution in [1.29, 1.82) is 0 Å². The maximum atomic E-state index is 13.0. The number of ether oxygens (including phenoxy) is 10. The Labute approximate surface area is 411 Å². The van der Waals surface area contributed by atoms with Crippen molar-refractivity contribution in [1.82, 2.24) is 26.6 Å². The molecule has 5 saturated heterocycles. The minimum Gasteiger partial charge on any atom is -0.394 e. The molecule has 31 nitrogen and oxygen atoms in total. The number of carbonyl (C=O) groups excluding carboxylic acids is 5. The molecule has 16 N–H and O–H groups in total. The van der Waals surface area contributed by atoms with E-state index in [2.05, 4.69) is 26.6 Å². The van der Waals surface area contributed by atoms with Gasteiger partial charge in [0.25, 0.3) is 0 Å². The number of rotatable bonds is 19. The van der Waals surface area contributed by atoms with Crippen LogP contribution in [0.5, 0.6) is 0 Å². The largest absolute Gasteiger partial charge is 0.394 e. The standard InChI is InChI=1S/C41H69N5O26/c1-12(52)42-22-32(62)27(57)17(7-47)65-38(22)69-34-24(44-14(3)54)40(67-19(9-49)29(34)59)71-36-26(46-16(5)56)41(68-21(11-51)31(36)61)72-35-25(45-15(4)55)39(66-20(10-50)30(35)60)70-33-23(43-13(2)53)37(63-6)64-18(8-48)28(33)58/h17-41,47-51,57-62H,7-11H2,1-6H3,(H,42,52)(H,43,53)(H,44,54)(H,45,55)(H,46,56)/t17-,18-,19-,20-,21-,22-,23-,24-,25-,26-,27-,28-,29-,30-,31-,32-,33-,34-,35-,36-,37-,38+,39+,40+,41+/m1/s1. The van der Waals surface area contributed by atoms with Gasteiger partial charge in [0, 0.05) is 41.7 Å². The first-order chi connectivity index (χ1) is 34.0. The summed E-state index contributed by atoms with van der Waals surface area (Å²) in [5.41, 5.74) is 0. The van der Waals surface area contributed by atoms with Crippen LogP contribution in [0.1, 0.15) is 34.6 Å². The molecule has 414 valence electrons. The van der Waals surface area contributed by atoms with Crippen molar-refractivity contribution in [3.05, 3.63) is 0 Å². The minimum absolute atomic E-state index is 0.642. The van der Waals surface area contributed by atoms with Gasteiger partial charge in [-0.2, -0.15) is 0 Å². The Balaban J connectivity index is 1.54. The van der Waals surface area contributed by atoms with Crippen molar-refractivity contribution >= 4 is 29.5 Å². The fourth-order valence-corrected chi connectivity index (χ4v) is 9.23. The first-order valence-corrected chi connectivity index (χ1v) is 22.9. The molecular weight excluding hydrogens is 978 g/mol. The summed E-state index contributed by atoms with van der Waals surface area (Å²) in [6, 6.07) is -8.06. The Bertz CT molecular complexity index is 1810. The van der Waals surface area contributed by atoms with Gasteiger partial charge in [-0.15, -0.1) is 0 Å². The van der Waals surface area contributed by atoms with E-state index in [4.69, 9.17) is 47.4 Å². The normalized spacial score (nSPS) is 43.5. The van der Waals surface area contributed by atoms with Crippen LogP contribution < -0.4 is 26.6 Å². The monoisotopic (exact) mass is 1050 g/mol. The van der Waals surface area contributed by atoms with E-state index in [0.29, 0.717) is 0 Å². The summed E-state index contributed by atoms with van der Waals surface area (Å²) in [5, 5.41) is 132. The van der Waals surface area contributed by atoms with Crippen LogP contribution in [0.15, 0.2) is 0 Å². The summed E-state index contributed by atoms with van der Waals surface area (Å²) in [5.74, 6) is -3.83. The molecule has 0 spiro atoms. The Morgan fingerprint density at radius 2 is 0.556 bits per heavy atom. The quantitative estimate of drug-likeness (QED) is 0.0571. The van der Waals surface area contributed by atoms with E-state index >= 15 is 0 Å². The molecule has 0 aromatic heterocycles. The predicted octanol–water partition coefficient (Wildman–Crippen LogP) is -10.6. The maximum absolute atomic E-state index is 13.0. The van der Waals surface area contributed by atoms with Crippen LogP contribution in [0.4, 0.5) is 0 Å². The highest BCUT2D eigenvalue weighted by Crippen LogP contribution is 2.36. The van der Waals surface area contributed by atoms with E-state index < -0.39 is 216 Å². The molecule has 72 heavy (non-hydrogen) atoms. The highest BCUT2D eigenvalue weighted by atomic mass is 16.8. The number of methoxy groups -OCH3 is 1. The van der Waals surface area contributed by atoms with Crippen LogP contribution in [-0.2, 0) is 71.3 Å². The van der Waals surface area contributed by atoms with Gasteiger partial charge in [-0.05, 0) is 0 Å². The second-order valence-corrected chi connectivity index (χ2v) is 17.8. The number of aliphatic hydroxyl groups excluding tert-OH is 11. The van der Waals surface area contributed by atoms with Crippen LogP contribution in [0.2, 0.25) is 0 Å². The van der Waals surface area contributed by atoms with Crippen molar-refractivity contribution in [2.75, 3.05) is 40.1 Å². The number of carbonyl (C=O) groups is 5. The molecule has 5 fully saturated rings. The summed E-state index contributed by atoms with van der Waals surface area (Å²) in [7, 11) is 1.20. The number of hydrogen-bond donors (Lipinski definition) is 16. The summed E-state index contributed by atoms with van der Waals surface area (Å²) in [4.78, 5) is 63.3. The van der Waals surface area contributed by atoms with Crippen LogP contribution in [0, 0.1) is 0 Å². The van der Waals surface area contributed by atoms with E-state index in [1.165, 1.54) is 7.11 Å². The van der Waals surface area contributed by atoms with Crippen LogP contribution in [0.3, 0.4) is 0 Å². The molecule has 5 aliphatic heterocycles. The average molecular weight is 1050 g/mol. The topological polar surface area (TPSA) is 460 Å². The van der Waals surface area contributed by atoms with Crippen molar-refractivity contribution < 1.29 is 128 Å². The van der Waals surface area contributed by atoms with Gasteiger partial charge in [0.2, 0.25) is 29.5 Å². The van der Waals surface area contributed by atoms with Crippen molar-refractivity contribution in [2.45, 2.75) is 188 Å². The maximum Gasteiger partial charge on any atom is 0.217 e. The zero-order chi connectivity index (χ0) is 53.5. The lowest BCUT2D eigenvalue weighted by atomic mass is 9.92. The first kappa shape index (κ1) is 59.4. The lowest BCUT2D eigenvalue weighted by Gasteiger charge is -2.52. The Morgan fingerprint density at radius 1 is 0.347 bits per heavy atom. The third kappa shape index (κ3) is 13.7. The molecular formula is C41H69N5O26. The number of hydrogen-bond acceptors (Lipinski definition) is 26. The Hall–Kier alpha value is -3.49. The molecule has 5 heterocycles. The zero-order valence-corrected chi connectivity index (χ0v) is 40.0. The second kappa shape index (κ2) is 26.3. The Morgan fingerprint density at radius 3 is 0.792 bits per heavy atom. The molecule has 5 aliphatic rings. The van der Waals surface area contributed by atoms with E-state index in [-0.39, 0.29) is 0 Å². The molecule has 5 amide bonds. The van der Waals surface area contributed by atoms with Gasteiger partial charge in [-0.1, -0.05) is 0 Å². The summed E-state index contributed by atoms with van der Waals surface area (Å²) >= 11 is 0. The van der Waals surface area contributed by atoms with Crippen LogP contribution in [-0.4, -0.2) is 279 Å². The molecule has 5 rings (SSSR count). The lowest BCUT2D eigenvalue weighted by Crippen LogP contribution is -2.73. The number of aliphatic hydroxyl groups is 11. The van der Waals surface area contributed by atoms with Gasteiger partial charge in [0.05, 0.1) is 33.0 Å². The molecule has 0 aliphatic carbocycles. The third-order valence-corrected chi connectivity index (χ3v) is 12.5. The molecule has 0 aromatic rings. The van der Waals surface area contributed by atoms with Gasteiger partial charge >= 0.3 is 0 Å². The molecule has 0 unspecified atom stereocenters. The summed E-state index contributed by atoms with van der Waals surface area (Å²) in [6.07, 6.45) is -35.0. The van der Waals surface area contributed by atoms with Crippen LogP contribution in [0.25, 0.3) is 0 Å². The smallest absolute Gasteiger partial charge is 0.217 e. The van der Waals surface area contributed by atoms with Gasteiger partial charge in [0.1, 0.15) is 122 Å². The molecule has 31 heteroatoms. The molecule has 0 aromatic carbocycles. The van der Waals surface area contributed by atoms with E-state index in [1.54, 1.807) is 0 Å². The minimum atomic E-state index is -1.97. The predicted molar refractivity (Wildman–Crippen MR) is 229 cm³/mol. The van der Waals surface area contributed by atoms with Crippen LogP contribution >= 0.6 is 0 Å². The van der Waals surface area contributed by atoms with Crippen molar-refractivity contribution in [2.24, 2.45) is 0 Å². The number of amides is 5. The van der Waals surface area contributed by atoms with Crippen molar-refractivity contribution in [3.63, 3.8) is 0 Å². The second-order valence-electron chi connectivity index (χ2n) is 17.8. The molecule has 0 saturated carbocycles. The van der Waals surface area contributed by atoms with Gasteiger partial charge in [-0.25, -0.2) is 0 Å². The SMILES string of the molecule is CO[C@@H]1O[C@H](CO)[C@@H](O)[C@H](O[C@@H]2O[C@H](CO)[C@@H](O)[C@H](O[C@@H]3O[C@H](CO)[C@@H](O)[C@H](O[C@@H]4O[C@H](CO)[C@@H](O)[C@H](O[C@@H]5O[C@H](CO)[C@@H](O)[C@H](O)[C@H]5NC(C)=O)[C@H]4NC(C)=O)[C@H]3NC(C)=O)[C@H]2NC(C)=O)[C@H]1NC(C)=O. The van der Waals surface area contributed by atoms with E-state index in [1.807, 2.05) is 0 Å². The molecule has 0 bridgehead atoms. The van der Waals surface area contributed by atoms with Gasteiger partial charge in [-0.3, -0.25) is 24.0 Å². The van der Waals surface area contributed by atoms with E-state index in [0.717, 1.165) is 34.6 Å². The van der Waals surface area contributed by atoms with Crippen molar-refractivity contribution in [3.8, 4) is 0 Å². The lowest BCUT2D eigenvalue weighted by molar-refractivity contribution is -0.363. The highest BCUT2D eigenvalue weighted by molar-refractivity contribution is 5.75. The molecule has 0 radical (unpaired) electrons. The van der Waals surface area contributed by atoms with Gasteiger partial charge < -0.3 is 130 Å². The number of nitrogens with one attached hydrogen (secondary N) is 5. The average Bonchev–Trinajstić information content (AvgIpc) is 3.31. The fraction of sp³-hybridized carbons (Fsp3) is 0.878. The first-order valence-electron chi connectivity index (χ1n) is 22.9. The van der Waals surface area contributed by atoms with Gasteiger partial charge in [0.15, 0.2) is 31.5 Å². The Kier molecular flexibility index (Phi) is 21.7. The summed E-state index contributed by atoms with van der Waals surface area (Å²) in [6.45, 7) is 0.765. The summed E-state index contributed by atoms with van der Waals surface area (Å²) < 4.78 is 59.5. The fourth-order valence-electron chi connectivity index (χ4n) is 9.23. The highest BCUT2D eigenvalue weighted by Gasteiger charge is 2.58.